The number of nitrogens with one attached hydrogen (secondary N) is 2. The van der Waals surface area contributed by atoms with E-state index in [1.54, 1.807) is 12.1 Å². The van der Waals surface area contributed by atoms with Crippen molar-refractivity contribution in [3.63, 3.8) is 0 Å². The fourth-order valence-corrected chi connectivity index (χ4v) is 3.77. The van der Waals surface area contributed by atoms with E-state index in [1.165, 1.54) is 18.2 Å². The first-order valence-electron chi connectivity index (χ1n) is 8.61. The molecule has 1 atom stereocenters. The Labute approximate surface area is 187 Å². The van der Waals surface area contributed by atoms with Crippen molar-refractivity contribution in [2.75, 3.05) is 18.8 Å². The molecule has 28 heavy (non-hydrogen) atoms. The zero-order valence-electron chi connectivity index (χ0n) is 15.7. The minimum atomic E-state index is -3.74. The van der Waals surface area contributed by atoms with Crippen LogP contribution in [0.1, 0.15) is 25.5 Å². The summed E-state index contributed by atoms with van der Waals surface area (Å²) < 4.78 is 38.3. The van der Waals surface area contributed by atoms with Gasteiger partial charge < -0.3 is 10.6 Å². The summed E-state index contributed by atoms with van der Waals surface area (Å²) in [5.41, 5.74) is 1.02. The summed E-state index contributed by atoms with van der Waals surface area (Å²) in [6.45, 7) is 4.52. The zero-order valence-corrected chi connectivity index (χ0v) is 19.6. The Hall–Kier alpha value is -1.39. The first-order chi connectivity index (χ1) is 12.8. The van der Waals surface area contributed by atoms with E-state index >= 15 is 0 Å². The lowest BCUT2D eigenvalue weighted by Gasteiger charge is -2.18. The summed E-state index contributed by atoms with van der Waals surface area (Å²) in [5, 5.41) is 6.95. The highest BCUT2D eigenvalue weighted by Crippen LogP contribution is 2.16. The van der Waals surface area contributed by atoms with Gasteiger partial charge >= 0.3 is 0 Å². The van der Waals surface area contributed by atoms with Crippen LogP contribution in [0.5, 0.6) is 0 Å². The molecule has 0 saturated heterocycles. The van der Waals surface area contributed by atoms with Gasteiger partial charge in [0.2, 0.25) is 0 Å². The van der Waals surface area contributed by atoms with Gasteiger partial charge in [0.25, 0.3) is 0 Å². The van der Waals surface area contributed by atoms with Crippen molar-refractivity contribution in [2.24, 2.45) is 4.99 Å². The molecule has 1 unspecified atom stereocenters. The van der Waals surface area contributed by atoms with Crippen LogP contribution in [0.4, 0.5) is 4.39 Å². The highest BCUT2D eigenvalue weighted by molar-refractivity contribution is 14.0. The van der Waals surface area contributed by atoms with Crippen LogP contribution < -0.4 is 10.6 Å². The lowest BCUT2D eigenvalue weighted by molar-refractivity contribution is 0.567. The molecule has 0 aliphatic rings. The van der Waals surface area contributed by atoms with Gasteiger partial charge in [-0.1, -0.05) is 35.9 Å². The highest BCUT2D eigenvalue weighted by Gasteiger charge is 2.18. The molecular weight excluding hydrogens is 516 g/mol. The Morgan fingerprint density at radius 2 is 1.82 bits per heavy atom. The van der Waals surface area contributed by atoms with Gasteiger partial charge in [-0.05, 0) is 43.7 Å². The molecule has 0 bridgehead atoms. The summed E-state index contributed by atoms with van der Waals surface area (Å²) in [7, 11) is -3.74. The van der Waals surface area contributed by atoms with Crippen molar-refractivity contribution in [2.45, 2.75) is 24.8 Å². The molecule has 5 nitrogen and oxygen atoms in total. The molecule has 0 amide bonds. The van der Waals surface area contributed by atoms with Crippen LogP contribution in [0.3, 0.4) is 0 Å². The molecular formula is C19H24ClFIN3O2S. The van der Waals surface area contributed by atoms with Gasteiger partial charge in [-0.25, -0.2) is 12.8 Å². The van der Waals surface area contributed by atoms with E-state index < -0.39 is 15.7 Å². The van der Waals surface area contributed by atoms with Gasteiger partial charge in [0.05, 0.1) is 18.3 Å². The van der Waals surface area contributed by atoms with E-state index in [0.717, 1.165) is 11.6 Å². The normalized spacial score (nSPS) is 12.8. The van der Waals surface area contributed by atoms with Crippen LogP contribution in [0.2, 0.25) is 5.02 Å². The van der Waals surface area contributed by atoms with Gasteiger partial charge in [-0.3, -0.25) is 4.99 Å². The molecule has 9 heteroatoms. The predicted molar refractivity (Wildman–Crippen MR) is 123 cm³/mol. The van der Waals surface area contributed by atoms with Crippen molar-refractivity contribution in [1.29, 1.82) is 0 Å². The average molecular weight is 540 g/mol. The maximum atomic E-state index is 13.7. The Balaban J connectivity index is 0.00000392. The molecule has 0 saturated carbocycles. The van der Waals surface area contributed by atoms with Crippen molar-refractivity contribution >= 4 is 51.4 Å². The summed E-state index contributed by atoms with van der Waals surface area (Å²) in [6, 6.07) is 12.7. The van der Waals surface area contributed by atoms with Crippen LogP contribution in [-0.2, 0) is 9.84 Å². The van der Waals surface area contributed by atoms with Crippen LogP contribution in [0.15, 0.2) is 58.4 Å². The molecule has 2 rings (SSSR count). The van der Waals surface area contributed by atoms with Crippen LogP contribution in [0.25, 0.3) is 0 Å². The number of aliphatic imine (C=N–C) groups is 1. The van der Waals surface area contributed by atoms with Crippen LogP contribution in [0, 0.1) is 5.82 Å². The quantitative estimate of drug-likeness (QED) is 0.315. The Morgan fingerprint density at radius 1 is 1.18 bits per heavy atom. The fourth-order valence-electron chi connectivity index (χ4n) is 2.44. The van der Waals surface area contributed by atoms with E-state index in [1.807, 2.05) is 26.0 Å². The summed E-state index contributed by atoms with van der Waals surface area (Å²) in [4.78, 5) is 4.01. The molecule has 0 spiro atoms. The van der Waals surface area contributed by atoms with Gasteiger partial charge in [0.15, 0.2) is 15.8 Å². The number of rotatable bonds is 7. The molecule has 0 radical (unpaired) electrons. The lowest BCUT2D eigenvalue weighted by atomic mass is 10.1. The summed E-state index contributed by atoms with van der Waals surface area (Å²) in [6.07, 6.45) is 0. The average Bonchev–Trinajstić information content (AvgIpc) is 2.62. The second-order valence-electron chi connectivity index (χ2n) is 5.93. The van der Waals surface area contributed by atoms with E-state index in [9.17, 15) is 12.8 Å². The molecule has 0 aliphatic heterocycles. The molecule has 154 valence electrons. The maximum absolute atomic E-state index is 13.7. The molecule has 2 aromatic rings. The smallest absolute Gasteiger partial charge is 0.191 e. The minimum absolute atomic E-state index is 0. The van der Waals surface area contributed by atoms with Crippen molar-refractivity contribution in [1.82, 2.24) is 10.6 Å². The summed E-state index contributed by atoms with van der Waals surface area (Å²) >= 11 is 5.90. The third-order valence-corrected chi connectivity index (χ3v) is 5.84. The number of sulfone groups is 1. The molecule has 0 aromatic heterocycles. The predicted octanol–water partition coefficient (Wildman–Crippen LogP) is 4.19. The first kappa shape index (κ1) is 24.6. The standard InChI is InChI=1S/C19H23ClFN3O2S.HI/c1-3-22-19(24-14(2)15-8-10-16(20)11-9-15)23-12-13-27(25,26)18-7-5-4-6-17(18)21;/h4-11,14H,3,12-13H2,1-2H3,(H2,22,23,24);1H. The second kappa shape index (κ2) is 11.6. The summed E-state index contributed by atoms with van der Waals surface area (Å²) in [5.74, 6) is -0.536. The van der Waals surface area contributed by atoms with Crippen molar-refractivity contribution in [3.8, 4) is 0 Å². The Morgan fingerprint density at radius 3 is 2.43 bits per heavy atom. The maximum Gasteiger partial charge on any atom is 0.191 e. The highest BCUT2D eigenvalue weighted by atomic mass is 127. The monoisotopic (exact) mass is 539 g/mol. The van der Waals surface area contributed by atoms with E-state index in [2.05, 4.69) is 15.6 Å². The number of hydrogen-bond acceptors (Lipinski definition) is 3. The van der Waals surface area contributed by atoms with Crippen LogP contribution in [-0.4, -0.2) is 33.2 Å². The van der Waals surface area contributed by atoms with Crippen LogP contribution >= 0.6 is 35.6 Å². The fraction of sp³-hybridized carbons (Fsp3) is 0.316. The number of hydrogen-bond donors (Lipinski definition) is 2. The van der Waals surface area contributed by atoms with E-state index in [0.29, 0.717) is 17.5 Å². The van der Waals surface area contributed by atoms with Gasteiger partial charge in [-0.2, -0.15) is 0 Å². The SMILES string of the molecule is CCNC(=NCCS(=O)(=O)c1ccccc1F)NC(C)c1ccc(Cl)cc1.I. The largest absolute Gasteiger partial charge is 0.357 e. The first-order valence-corrected chi connectivity index (χ1v) is 10.6. The van der Waals surface area contributed by atoms with E-state index in [-0.39, 0.29) is 47.2 Å². The second-order valence-corrected chi connectivity index (χ2v) is 8.44. The minimum Gasteiger partial charge on any atom is -0.357 e. The van der Waals surface area contributed by atoms with E-state index in [4.69, 9.17) is 11.6 Å². The lowest BCUT2D eigenvalue weighted by Crippen LogP contribution is -2.39. The van der Waals surface area contributed by atoms with Crippen molar-refractivity contribution < 1.29 is 12.8 Å². The van der Waals surface area contributed by atoms with Gasteiger partial charge in [-0.15, -0.1) is 24.0 Å². The number of nitrogens with zero attached hydrogens (tertiary/aromatic N) is 1. The molecule has 0 aliphatic carbocycles. The number of halogens is 3. The molecule has 2 aromatic carbocycles. The van der Waals surface area contributed by atoms with Gasteiger partial charge in [0, 0.05) is 11.6 Å². The number of guanidine groups is 1. The third kappa shape index (κ3) is 7.21. The topological polar surface area (TPSA) is 70.6 Å². The van der Waals surface area contributed by atoms with Gasteiger partial charge in [0.1, 0.15) is 10.7 Å². The third-order valence-electron chi connectivity index (χ3n) is 3.87. The molecule has 0 heterocycles. The molecule has 2 N–H and O–H groups in total. The molecule has 0 fully saturated rings. The zero-order chi connectivity index (χ0) is 19.9. The Bertz CT molecular complexity index is 892. The van der Waals surface area contributed by atoms with Crippen molar-refractivity contribution in [3.05, 3.63) is 64.9 Å². The number of benzene rings is 2. The Kier molecular flexibility index (Phi) is 10.2.